The number of carboxylic acids is 1. The average Bonchev–Trinajstić information content (AvgIpc) is 2.08. The lowest BCUT2D eigenvalue weighted by molar-refractivity contribution is -0.276. The lowest BCUT2D eigenvalue weighted by Gasteiger charge is -2.11. The summed E-state index contributed by atoms with van der Waals surface area (Å²) in [5, 5.41) is 8.78. The van der Waals surface area contributed by atoms with Crippen LogP contribution in [-0.2, 0) is 0 Å². The maximum absolute atomic E-state index is 12.0. The summed E-state index contributed by atoms with van der Waals surface area (Å²) < 4.78 is 39.6. The molecule has 0 aliphatic heterocycles. The number of halogens is 4. The van der Waals surface area contributed by atoms with Gasteiger partial charge < -0.3 is 9.84 Å². The van der Waals surface area contributed by atoms with Crippen molar-refractivity contribution in [3.63, 3.8) is 0 Å². The van der Waals surface area contributed by atoms with E-state index in [4.69, 9.17) is 5.11 Å². The summed E-state index contributed by atoms with van der Waals surface area (Å²) in [5.41, 5.74) is -0.120. The van der Waals surface area contributed by atoms with Gasteiger partial charge in [0.25, 0.3) is 0 Å². The molecule has 0 spiro atoms. The zero-order valence-electron chi connectivity index (χ0n) is 7.80. The molecule has 1 aromatic heterocycles. The first kappa shape index (κ1) is 13.0. The highest BCUT2D eigenvalue weighted by Crippen LogP contribution is 2.28. The molecule has 0 unspecified atom stereocenters. The van der Waals surface area contributed by atoms with Crippen LogP contribution in [0.2, 0.25) is 0 Å². The Hall–Kier alpha value is -1.06. The van der Waals surface area contributed by atoms with Crippen molar-refractivity contribution in [2.24, 2.45) is 0 Å². The Balaban J connectivity index is 3.29. The third kappa shape index (κ3) is 2.97. The molecule has 0 radical (unpaired) electrons. The molecule has 1 heterocycles. The van der Waals surface area contributed by atoms with Crippen molar-refractivity contribution in [1.82, 2.24) is 4.98 Å². The maximum atomic E-state index is 12.0. The zero-order valence-corrected chi connectivity index (χ0v) is 9.96. The molecular weight excluding hydrogens is 342 g/mol. The Morgan fingerprint density at radius 2 is 2.12 bits per heavy atom. The molecule has 1 aromatic rings. The highest BCUT2D eigenvalue weighted by atomic mass is 127. The summed E-state index contributed by atoms with van der Waals surface area (Å²) in [6.07, 6.45) is -3.84. The molecule has 4 nitrogen and oxygen atoms in total. The van der Waals surface area contributed by atoms with E-state index in [1.165, 1.54) is 0 Å². The van der Waals surface area contributed by atoms with Crippen LogP contribution in [0.15, 0.2) is 6.20 Å². The van der Waals surface area contributed by atoms with Gasteiger partial charge in [-0.05, 0) is 35.1 Å². The number of alkyl halides is 3. The smallest absolute Gasteiger partial charge is 0.477 e. The molecule has 0 atom stereocenters. The van der Waals surface area contributed by atoms with Gasteiger partial charge in [0.05, 0.1) is 0 Å². The van der Waals surface area contributed by atoms with Crippen molar-refractivity contribution in [1.29, 1.82) is 0 Å². The molecule has 8 heteroatoms. The van der Waals surface area contributed by atoms with E-state index in [9.17, 15) is 18.0 Å². The number of hydrogen-bond donors (Lipinski definition) is 1. The van der Waals surface area contributed by atoms with Crippen molar-refractivity contribution >= 4 is 28.6 Å². The van der Waals surface area contributed by atoms with Crippen LogP contribution in [0, 0.1) is 10.5 Å². The fourth-order valence-corrected chi connectivity index (χ4v) is 1.54. The molecule has 88 valence electrons. The lowest BCUT2D eigenvalue weighted by atomic mass is 10.2. The van der Waals surface area contributed by atoms with Gasteiger partial charge in [0.1, 0.15) is 5.56 Å². The van der Waals surface area contributed by atoms with E-state index in [-0.39, 0.29) is 3.57 Å². The minimum absolute atomic E-state index is 0.166. The number of aryl methyl sites for hydroxylation is 1. The normalized spacial score (nSPS) is 11.3. The van der Waals surface area contributed by atoms with Crippen LogP contribution in [0.3, 0.4) is 0 Å². The van der Waals surface area contributed by atoms with Gasteiger partial charge in [0, 0.05) is 9.77 Å². The van der Waals surface area contributed by atoms with Crippen LogP contribution >= 0.6 is 22.6 Å². The molecule has 0 aliphatic rings. The maximum Gasteiger partial charge on any atom is 0.574 e. The van der Waals surface area contributed by atoms with Crippen LogP contribution in [0.1, 0.15) is 15.9 Å². The van der Waals surface area contributed by atoms with Crippen LogP contribution < -0.4 is 4.74 Å². The van der Waals surface area contributed by atoms with Gasteiger partial charge >= 0.3 is 12.3 Å². The SMILES string of the molecule is Cc1cnc(OC(F)(F)F)c(C(=O)O)c1I. The number of aromatic nitrogens is 1. The Kier molecular flexibility index (Phi) is 3.61. The van der Waals surface area contributed by atoms with Crippen LogP contribution in [0.5, 0.6) is 5.88 Å². The fourth-order valence-electron chi connectivity index (χ4n) is 0.940. The largest absolute Gasteiger partial charge is 0.574 e. The summed E-state index contributed by atoms with van der Waals surface area (Å²) in [6.45, 7) is 1.54. The summed E-state index contributed by atoms with van der Waals surface area (Å²) in [6, 6.07) is 0. The summed E-state index contributed by atoms with van der Waals surface area (Å²) in [5.74, 6) is -2.46. The molecule has 0 saturated heterocycles. The van der Waals surface area contributed by atoms with E-state index in [1.807, 2.05) is 0 Å². The quantitative estimate of drug-likeness (QED) is 0.836. The standard InChI is InChI=1S/C8H5F3INO3/c1-3-2-13-6(16-8(9,10)11)4(5(3)12)7(14)15/h2H,1H3,(H,14,15). The number of pyridine rings is 1. The summed E-state index contributed by atoms with van der Waals surface area (Å²) in [7, 11) is 0. The van der Waals surface area contributed by atoms with E-state index in [0.717, 1.165) is 6.20 Å². The molecule has 0 fully saturated rings. The third-order valence-electron chi connectivity index (χ3n) is 1.58. The van der Waals surface area contributed by atoms with Gasteiger partial charge in [0.15, 0.2) is 0 Å². The number of rotatable bonds is 2. The molecule has 0 saturated carbocycles. The number of ether oxygens (including phenoxy) is 1. The number of hydrogen-bond acceptors (Lipinski definition) is 3. The highest BCUT2D eigenvalue weighted by Gasteiger charge is 2.34. The molecule has 0 amide bonds. The first-order valence-electron chi connectivity index (χ1n) is 3.86. The summed E-state index contributed by atoms with van der Waals surface area (Å²) >= 11 is 1.63. The van der Waals surface area contributed by atoms with E-state index in [1.54, 1.807) is 29.5 Å². The molecule has 1 rings (SSSR count). The van der Waals surface area contributed by atoms with Crippen molar-refractivity contribution in [3.05, 3.63) is 20.9 Å². The van der Waals surface area contributed by atoms with Crippen molar-refractivity contribution in [3.8, 4) is 5.88 Å². The van der Waals surface area contributed by atoms with E-state index in [2.05, 4.69) is 9.72 Å². The van der Waals surface area contributed by atoms with Gasteiger partial charge in [-0.25, -0.2) is 9.78 Å². The Bertz CT molecular complexity index is 433. The van der Waals surface area contributed by atoms with Crippen LogP contribution in [0.25, 0.3) is 0 Å². The molecule has 16 heavy (non-hydrogen) atoms. The zero-order chi connectivity index (χ0) is 12.5. The molecule has 0 aromatic carbocycles. The topological polar surface area (TPSA) is 59.4 Å². The van der Waals surface area contributed by atoms with Crippen LogP contribution in [0.4, 0.5) is 13.2 Å². The Morgan fingerprint density at radius 3 is 2.56 bits per heavy atom. The van der Waals surface area contributed by atoms with Gasteiger partial charge in [0.2, 0.25) is 5.88 Å². The fraction of sp³-hybridized carbons (Fsp3) is 0.250. The Labute approximate surface area is 102 Å². The molecule has 1 N–H and O–H groups in total. The minimum Gasteiger partial charge on any atom is -0.477 e. The van der Waals surface area contributed by atoms with Gasteiger partial charge in [-0.3, -0.25) is 0 Å². The molecule has 0 bridgehead atoms. The molecular formula is C8H5F3INO3. The second-order valence-electron chi connectivity index (χ2n) is 2.79. The highest BCUT2D eigenvalue weighted by molar-refractivity contribution is 14.1. The van der Waals surface area contributed by atoms with Crippen LogP contribution in [-0.4, -0.2) is 22.4 Å². The lowest BCUT2D eigenvalue weighted by Crippen LogP contribution is -2.20. The van der Waals surface area contributed by atoms with Crippen molar-refractivity contribution in [2.45, 2.75) is 13.3 Å². The second-order valence-corrected chi connectivity index (χ2v) is 3.87. The van der Waals surface area contributed by atoms with E-state index in [0.29, 0.717) is 5.56 Å². The molecule has 0 aliphatic carbocycles. The number of nitrogens with zero attached hydrogens (tertiary/aromatic N) is 1. The second kappa shape index (κ2) is 4.44. The first-order chi connectivity index (χ1) is 7.22. The number of aromatic carboxylic acids is 1. The van der Waals surface area contributed by atoms with Crippen molar-refractivity contribution < 1.29 is 27.8 Å². The van der Waals surface area contributed by atoms with Gasteiger partial charge in [-0.1, -0.05) is 0 Å². The first-order valence-corrected chi connectivity index (χ1v) is 4.94. The number of carboxylic acid groups (broad SMARTS) is 1. The third-order valence-corrected chi connectivity index (χ3v) is 2.97. The summed E-state index contributed by atoms with van der Waals surface area (Å²) in [4.78, 5) is 14.1. The van der Waals surface area contributed by atoms with Crippen molar-refractivity contribution in [2.75, 3.05) is 0 Å². The minimum atomic E-state index is -4.96. The van der Waals surface area contributed by atoms with E-state index < -0.39 is 23.8 Å². The van der Waals surface area contributed by atoms with E-state index >= 15 is 0 Å². The average molecular weight is 347 g/mol. The number of carbonyl (C=O) groups is 1. The van der Waals surface area contributed by atoms with Gasteiger partial charge in [-0.2, -0.15) is 0 Å². The Morgan fingerprint density at radius 1 is 1.56 bits per heavy atom. The predicted octanol–water partition coefficient (Wildman–Crippen LogP) is 2.59. The monoisotopic (exact) mass is 347 g/mol. The van der Waals surface area contributed by atoms with Gasteiger partial charge in [-0.15, -0.1) is 13.2 Å². The predicted molar refractivity (Wildman–Crippen MR) is 55.3 cm³/mol.